The molecule has 0 saturated heterocycles. The number of carbonyl (C=O) groups excluding carboxylic acids is 1. The number of sulfonamides is 1. The third-order valence-corrected chi connectivity index (χ3v) is 5.55. The van der Waals surface area contributed by atoms with Gasteiger partial charge in [-0.05, 0) is 42.8 Å². The van der Waals surface area contributed by atoms with E-state index in [2.05, 4.69) is 10.0 Å². The van der Waals surface area contributed by atoms with Crippen LogP contribution in [0.4, 0.5) is 5.69 Å². The Morgan fingerprint density at radius 1 is 0.931 bits per heavy atom. The summed E-state index contributed by atoms with van der Waals surface area (Å²) in [6, 6.07) is 22.2. The van der Waals surface area contributed by atoms with Crippen molar-refractivity contribution in [2.24, 2.45) is 0 Å². The number of nitrogens with one attached hydrogen (secondary N) is 2. The molecule has 0 atom stereocenters. The number of para-hydroxylation sites is 2. The van der Waals surface area contributed by atoms with Crippen molar-refractivity contribution in [3.63, 3.8) is 0 Å². The van der Waals surface area contributed by atoms with Gasteiger partial charge in [0, 0.05) is 12.1 Å². The molecule has 3 aromatic carbocycles. The van der Waals surface area contributed by atoms with Crippen LogP contribution in [0.25, 0.3) is 0 Å². The number of rotatable bonds is 8. The van der Waals surface area contributed by atoms with Crippen molar-refractivity contribution in [2.75, 3.05) is 11.9 Å². The fourth-order valence-corrected chi connectivity index (χ4v) is 3.77. The molecule has 3 rings (SSSR count). The average molecular weight is 410 g/mol. The topological polar surface area (TPSA) is 84.5 Å². The molecule has 7 heteroatoms. The van der Waals surface area contributed by atoms with Gasteiger partial charge in [0.15, 0.2) is 0 Å². The summed E-state index contributed by atoms with van der Waals surface area (Å²) in [5.74, 6) is 0.133. The van der Waals surface area contributed by atoms with Crippen molar-refractivity contribution < 1.29 is 17.9 Å². The second kappa shape index (κ2) is 9.36. The Morgan fingerprint density at radius 2 is 1.66 bits per heavy atom. The molecule has 0 aliphatic rings. The minimum atomic E-state index is -3.76. The maximum absolute atomic E-state index is 12.6. The lowest BCUT2D eigenvalue weighted by atomic mass is 10.2. The molecule has 0 saturated carbocycles. The van der Waals surface area contributed by atoms with Gasteiger partial charge in [-0.25, -0.2) is 13.1 Å². The second-order valence-corrected chi connectivity index (χ2v) is 7.99. The molecule has 1 amide bonds. The van der Waals surface area contributed by atoms with Crippen molar-refractivity contribution in [2.45, 2.75) is 18.4 Å². The Hall–Kier alpha value is -3.16. The molecule has 0 unspecified atom stereocenters. The first kappa shape index (κ1) is 20.6. The van der Waals surface area contributed by atoms with E-state index in [0.717, 1.165) is 5.56 Å². The van der Waals surface area contributed by atoms with Crippen molar-refractivity contribution in [1.29, 1.82) is 0 Å². The third-order valence-electron chi connectivity index (χ3n) is 4.15. The Bertz CT molecular complexity index is 1080. The first-order valence-corrected chi connectivity index (χ1v) is 10.6. The van der Waals surface area contributed by atoms with Gasteiger partial charge < -0.3 is 10.1 Å². The van der Waals surface area contributed by atoms with Crippen molar-refractivity contribution in [3.05, 3.63) is 90.0 Å². The maximum atomic E-state index is 12.6. The van der Waals surface area contributed by atoms with Gasteiger partial charge in [-0.1, -0.05) is 48.5 Å². The molecule has 0 aromatic heterocycles. The molecule has 29 heavy (non-hydrogen) atoms. The highest BCUT2D eigenvalue weighted by molar-refractivity contribution is 7.89. The summed E-state index contributed by atoms with van der Waals surface area (Å²) in [5, 5.41) is 2.77. The van der Waals surface area contributed by atoms with E-state index < -0.39 is 15.9 Å². The molecule has 3 aromatic rings. The fourth-order valence-electron chi connectivity index (χ4n) is 2.71. The van der Waals surface area contributed by atoms with Gasteiger partial charge in [0.2, 0.25) is 10.0 Å². The lowest BCUT2D eigenvalue weighted by Gasteiger charge is -2.12. The van der Waals surface area contributed by atoms with Crippen LogP contribution >= 0.6 is 0 Å². The van der Waals surface area contributed by atoms with Crippen LogP contribution in [0.5, 0.6) is 5.75 Å². The molecule has 150 valence electrons. The lowest BCUT2D eigenvalue weighted by molar-refractivity contribution is 0.102. The summed E-state index contributed by atoms with van der Waals surface area (Å²) < 4.78 is 33.3. The summed E-state index contributed by atoms with van der Waals surface area (Å²) in [6.07, 6.45) is 0. The minimum Gasteiger partial charge on any atom is -0.492 e. The van der Waals surface area contributed by atoms with Crippen LogP contribution in [-0.4, -0.2) is 20.9 Å². The monoisotopic (exact) mass is 410 g/mol. The van der Waals surface area contributed by atoms with Crippen molar-refractivity contribution >= 4 is 21.6 Å². The lowest BCUT2D eigenvalue weighted by Crippen LogP contribution is -2.23. The number of ether oxygens (including phenoxy) is 1. The van der Waals surface area contributed by atoms with Gasteiger partial charge in [-0.2, -0.15) is 0 Å². The van der Waals surface area contributed by atoms with E-state index in [0.29, 0.717) is 18.0 Å². The SMILES string of the molecule is CCOc1ccccc1NC(=O)c1cccc(S(=O)(=O)NCc2ccccc2)c1. The standard InChI is InChI=1S/C22H22N2O4S/c1-2-28-21-14-7-6-13-20(21)24-22(25)18-11-8-12-19(15-18)29(26,27)23-16-17-9-4-3-5-10-17/h3-15,23H,2,16H2,1H3,(H,24,25). The van der Waals surface area contributed by atoms with E-state index in [9.17, 15) is 13.2 Å². The highest BCUT2D eigenvalue weighted by Crippen LogP contribution is 2.24. The molecule has 0 radical (unpaired) electrons. The Kier molecular flexibility index (Phi) is 6.64. The highest BCUT2D eigenvalue weighted by atomic mass is 32.2. The number of hydrogen-bond acceptors (Lipinski definition) is 4. The van der Waals surface area contributed by atoms with E-state index in [-0.39, 0.29) is 17.0 Å². The molecular weight excluding hydrogens is 388 g/mol. The van der Waals surface area contributed by atoms with Crippen molar-refractivity contribution in [1.82, 2.24) is 4.72 Å². The number of carbonyl (C=O) groups is 1. The summed E-state index contributed by atoms with van der Waals surface area (Å²) in [5.41, 5.74) is 1.60. The Labute approximate surface area is 170 Å². The summed E-state index contributed by atoms with van der Waals surface area (Å²) in [4.78, 5) is 12.7. The third kappa shape index (κ3) is 5.43. The zero-order chi connectivity index (χ0) is 20.7. The molecule has 0 aliphatic carbocycles. The quantitative estimate of drug-likeness (QED) is 0.591. The number of hydrogen-bond donors (Lipinski definition) is 2. The molecule has 2 N–H and O–H groups in total. The summed E-state index contributed by atoms with van der Waals surface area (Å²) in [6.45, 7) is 2.49. The predicted octanol–water partition coefficient (Wildman–Crippen LogP) is 3.82. The van der Waals surface area contributed by atoms with Crippen LogP contribution in [0.15, 0.2) is 83.8 Å². The van der Waals surface area contributed by atoms with Gasteiger partial charge in [0.25, 0.3) is 5.91 Å². The fraction of sp³-hybridized carbons (Fsp3) is 0.136. The van der Waals surface area contributed by atoms with Gasteiger partial charge in [0.05, 0.1) is 17.2 Å². The van der Waals surface area contributed by atoms with E-state index >= 15 is 0 Å². The van der Waals surface area contributed by atoms with Gasteiger partial charge in [-0.3, -0.25) is 4.79 Å². The van der Waals surface area contributed by atoms with Crippen LogP contribution < -0.4 is 14.8 Å². The first-order valence-electron chi connectivity index (χ1n) is 9.16. The zero-order valence-corrected chi connectivity index (χ0v) is 16.8. The molecule has 0 spiro atoms. The van der Waals surface area contributed by atoms with E-state index in [1.807, 2.05) is 43.3 Å². The van der Waals surface area contributed by atoms with Gasteiger partial charge in [0.1, 0.15) is 5.75 Å². The number of anilines is 1. The first-order chi connectivity index (χ1) is 14.0. The van der Waals surface area contributed by atoms with E-state index in [1.54, 1.807) is 30.3 Å². The number of benzene rings is 3. The summed E-state index contributed by atoms with van der Waals surface area (Å²) in [7, 11) is -3.76. The van der Waals surface area contributed by atoms with Crippen LogP contribution in [-0.2, 0) is 16.6 Å². The van der Waals surface area contributed by atoms with Crippen molar-refractivity contribution in [3.8, 4) is 5.75 Å². The highest BCUT2D eigenvalue weighted by Gasteiger charge is 2.17. The van der Waals surface area contributed by atoms with E-state index in [1.165, 1.54) is 12.1 Å². The van der Waals surface area contributed by atoms with E-state index in [4.69, 9.17) is 4.74 Å². The predicted molar refractivity (Wildman–Crippen MR) is 112 cm³/mol. The Balaban J connectivity index is 1.75. The van der Waals surface area contributed by atoms with Crippen LogP contribution in [0.1, 0.15) is 22.8 Å². The summed E-state index contributed by atoms with van der Waals surface area (Å²) >= 11 is 0. The molecule has 0 bridgehead atoms. The minimum absolute atomic E-state index is 0.0270. The largest absolute Gasteiger partial charge is 0.492 e. The molecule has 6 nitrogen and oxygen atoms in total. The second-order valence-electron chi connectivity index (χ2n) is 6.22. The van der Waals surface area contributed by atoms with Crippen LogP contribution in [0.2, 0.25) is 0 Å². The normalized spacial score (nSPS) is 11.1. The maximum Gasteiger partial charge on any atom is 0.255 e. The Morgan fingerprint density at radius 3 is 2.41 bits per heavy atom. The van der Waals surface area contributed by atoms with Crippen LogP contribution in [0.3, 0.4) is 0 Å². The molecule has 0 heterocycles. The molecule has 0 aliphatic heterocycles. The van der Waals surface area contributed by atoms with Crippen LogP contribution in [0, 0.1) is 0 Å². The average Bonchev–Trinajstić information content (AvgIpc) is 2.75. The van der Waals surface area contributed by atoms with Gasteiger partial charge >= 0.3 is 0 Å². The van der Waals surface area contributed by atoms with Gasteiger partial charge in [-0.15, -0.1) is 0 Å². The number of amides is 1. The smallest absolute Gasteiger partial charge is 0.255 e. The zero-order valence-electron chi connectivity index (χ0n) is 16.0. The molecule has 0 fully saturated rings. The molecular formula is C22H22N2O4S.